The van der Waals surface area contributed by atoms with E-state index in [1.54, 1.807) is 5.32 Å². The van der Waals surface area contributed by atoms with Gasteiger partial charge in [-0.1, -0.05) is 34.5 Å². The molecule has 1 aromatic carbocycles. The minimum Gasteiger partial charge on any atom is -0.341 e. The molecule has 2 aromatic heterocycles. The minimum atomic E-state index is -4.74. The largest absolute Gasteiger partial charge is 0.445 e. The van der Waals surface area contributed by atoms with Gasteiger partial charge in [-0.05, 0) is 31.2 Å². The molecule has 0 saturated carbocycles. The Bertz CT molecular complexity index is 1170. The number of imidazole rings is 1. The summed E-state index contributed by atoms with van der Waals surface area (Å²) in [5.74, 6) is -1.12. The third-order valence-corrected chi connectivity index (χ3v) is 5.42. The Hall–Kier alpha value is -2.31. The van der Waals surface area contributed by atoms with E-state index in [2.05, 4.69) is 10.1 Å². The van der Waals surface area contributed by atoms with E-state index in [1.165, 1.54) is 18.2 Å². The number of halogens is 8. The van der Waals surface area contributed by atoms with E-state index in [0.717, 1.165) is 23.6 Å². The topological polar surface area (TPSA) is 59.3 Å². The number of hydrogen-bond acceptors (Lipinski definition) is 4. The number of carbonyl (C=O) groups is 1. The van der Waals surface area contributed by atoms with Crippen LogP contribution in [0.1, 0.15) is 17.6 Å². The second kappa shape index (κ2) is 8.32. The van der Waals surface area contributed by atoms with E-state index in [-0.39, 0.29) is 43.3 Å². The second-order valence-electron chi connectivity index (χ2n) is 6.17. The number of amides is 1. The van der Waals surface area contributed by atoms with E-state index >= 15 is 0 Å². The molecule has 0 fully saturated rings. The highest BCUT2D eigenvalue weighted by molar-refractivity contribution is 7.16. The molecule has 0 aliphatic heterocycles. The summed E-state index contributed by atoms with van der Waals surface area (Å²) < 4.78 is 77.8. The van der Waals surface area contributed by atoms with Gasteiger partial charge in [0.15, 0.2) is 0 Å². The van der Waals surface area contributed by atoms with Crippen LogP contribution >= 0.6 is 34.5 Å². The van der Waals surface area contributed by atoms with Crippen molar-refractivity contribution in [2.45, 2.75) is 25.3 Å². The molecule has 5 nitrogen and oxygen atoms in total. The molecule has 1 atom stereocenters. The van der Waals surface area contributed by atoms with Crippen molar-refractivity contribution in [3.8, 4) is 11.3 Å². The lowest BCUT2D eigenvalue weighted by Gasteiger charge is -2.15. The molecule has 0 aliphatic carbocycles. The van der Waals surface area contributed by atoms with Crippen LogP contribution in [-0.4, -0.2) is 32.7 Å². The number of hydrogen-bond donors (Lipinski definition) is 1. The Morgan fingerprint density at radius 1 is 1.23 bits per heavy atom. The van der Waals surface area contributed by atoms with Crippen LogP contribution in [0.3, 0.4) is 0 Å². The lowest BCUT2D eigenvalue weighted by molar-refractivity contribution is -0.156. The zero-order valence-electron chi connectivity index (χ0n) is 15.1. The molecule has 0 saturated heterocycles. The van der Waals surface area contributed by atoms with Gasteiger partial charge in [-0.3, -0.25) is 4.79 Å². The molecule has 3 rings (SSSR count). The van der Waals surface area contributed by atoms with Gasteiger partial charge in [0.1, 0.15) is 11.7 Å². The predicted octanol–water partition coefficient (Wildman–Crippen LogP) is 5.86. The summed E-state index contributed by atoms with van der Waals surface area (Å²) in [4.78, 5) is 15.8. The fourth-order valence-corrected chi connectivity index (χ4v) is 3.56. The molecular weight excluding hydrogens is 493 g/mol. The molecule has 3 aromatic rings. The predicted molar refractivity (Wildman–Crippen MR) is 104 cm³/mol. The van der Waals surface area contributed by atoms with Gasteiger partial charge in [-0.25, -0.2) is 9.50 Å². The Kier molecular flexibility index (Phi) is 6.27. The van der Waals surface area contributed by atoms with Crippen LogP contribution in [0.15, 0.2) is 24.3 Å². The van der Waals surface area contributed by atoms with E-state index in [0.29, 0.717) is 0 Å². The van der Waals surface area contributed by atoms with Gasteiger partial charge in [-0.15, -0.1) is 5.10 Å². The SMILES string of the molecule is CC(NC(=O)/C=C/c1c(-c2cc(Cl)ccc2Cl)nc2sc(C(F)(F)F)nn12)C(F)(F)F. The maximum Gasteiger partial charge on any atom is 0.445 e. The summed E-state index contributed by atoms with van der Waals surface area (Å²) in [5, 5.41) is 4.41. The quantitative estimate of drug-likeness (QED) is 0.358. The van der Waals surface area contributed by atoms with Crippen molar-refractivity contribution in [2.75, 3.05) is 0 Å². The van der Waals surface area contributed by atoms with Gasteiger partial charge in [0.2, 0.25) is 15.9 Å². The minimum absolute atomic E-state index is 0.0490. The van der Waals surface area contributed by atoms with Crippen LogP contribution in [-0.2, 0) is 11.0 Å². The number of fused-ring (bicyclic) bond motifs is 1. The first kappa shape index (κ1) is 23.4. The van der Waals surface area contributed by atoms with Crippen molar-refractivity contribution in [1.29, 1.82) is 0 Å². The van der Waals surface area contributed by atoms with Crippen molar-refractivity contribution in [3.05, 3.63) is 45.0 Å². The van der Waals surface area contributed by atoms with E-state index in [1.807, 2.05) is 0 Å². The third kappa shape index (κ3) is 5.13. The molecular formula is C17H10Cl2F6N4OS. The lowest BCUT2D eigenvalue weighted by Crippen LogP contribution is -2.42. The van der Waals surface area contributed by atoms with Gasteiger partial charge < -0.3 is 5.32 Å². The zero-order chi connectivity index (χ0) is 23.1. The number of alkyl halides is 6. The lowest BCUT2D eigenvalue weighted by atomic mass is 10.1. The van der Waals surface area contributed by atoms with Crippen molar-refractivity contribution in [1.82, 2.24) is 19.9 Å². The van der Waals surface area contributed by atoms with E-state index in [4.69, 9.17) is 23.2 Å². The summed E-state index contributed by atoms with van der Waals surface area (Å²) in [6.45, 7) is 0.746. The maximum atomic E-state index is 13.0. The van der Waals surface area contributed by atoms with Gasteiger partial charge in [0, 0.05) is 16.7 Å². The molecule has 0 spiro atoms. The Balaban J connectivity index is 2.09. The summed E-state index contributed by atoms with van der Waals surface area (Å²) in [6, 6.07) is 2.19. The fraction of sp³-hybridized carbons (Fsp3) is 0.235. The number of rotatable bonds is 4. The summed E-state index contributed by atoms with van der Waals surface area (Å²) in [5.41, 5.74) is 0.192. The standard InChI is InChI=1S/C17H10Cl2F6N4OS/c1-7(16(20,21)22)26-12(30)5-4-11-13(9-6-8(18)2-3-10(9)19)27-15-29(11)28-14(31-15)17(23,24)25/h2-7H,1H3,(H,26,30)/b5-4+. The summed E-state index contributed by atoms with van der Waals surface area (Å²) in [7, 11) is 0. The average Bonchev–Trinajstić information content (AvgIpc) is 3.19. The van der Waals surface area contributed by atoms with Crippen molar-refractivity contribution < 1.29 is 31.1 Å². The first-order chi connectivity index (χ1) is 14.3. The molecule has 0 aliphatic rings. The average molecular weight is 503 g/mol. The van der Waals surface area contributed by atoms with Gasteiger partial charge >= 0.3 is 12.4 Å². The van der Waals surface area contributed by atoms with Gasteiger partial charge in [0.05, 0.1) is 10.7 Å². The normalized spacial score (nSPS) is 13.8. The van der Waals surface area contributed by atoms with Crippen molar-refractivity contribution >= 4 is 51.5 Å². The maximum absolute atomic E-state index is 13.0. The van der Waals surface area contributed by atoms with Crippen LogP contribution in [0.5, 0.6) is 0 Å². The third-order valence-electron chi connectivity index (χ3n) is 3.91. The molecule has 14 heteroatoms. The van der Waals surface area contributed by atoms with Gasteiger partial charge in [0.25, 0.3) is 0 Å². The number of nitrogens with one attached hydrogen (secondary N) is 1. The Morgan fingerprint density at radius 3 is 2.52 bits per heavy atom. The monoisotopic (exact) mass is 502 g/mol. The molecule has 166 valence electrons. The number of carbonyl (C=O) groups excluding carboxylic acids is 1. The zero-order valence-corrected chi connectivity index (χ0v) is 17.5. The fourth-order valence-electron chi connectivity index (χ4n) is 2.40. The molecule has 2 heterocycles. The highest BCUT2D eigenvalue weighted by atomic mass is 35.5. The highest BCUT2D eigenvalue weighted by Crippen LogP contribution is 2.37. The van der Waals surface area contributed by atoms with E-state index in [9.17, 15) is 31.1 Å². The second-order valence-corrected chi connectivity index (χ2v) is 7.97. The highest BCUT2D eigenvalue weighted by Gasteiger charge is 2.37. The first-order valence-electron chi connectivity index (χ1n) is 8.25. The van der Waals surface area contributed by atoms with Crippen molar-refractivity contribution in [3.63, 3.8) is 0 Å². The smallest absolute Gasteiger partial charge is 0.341 e. The van der Waals surface area contributed by atoms with Crippen LogP contribution in [0.4, 0.5) is 26.3 Å². The van der Waals surface area contributed by atoms with Crippen LogP contribution in [0.2, 0.25) is 10.0 Å². The molecule has 1 unspecified atom stereocenters. The molecule has 1 N–H and O–H groups in total. The number of nitrogens with zero attached hydrogens (tertiary/aromatic N) is 3. The molecule has 0 radical (unpaired) electrons. The Labute approximate surface area is 184 Å². The van der Waals surface area contributed by atoms with E-state index < -0.39 is 29.3 Å². The summed E-state index contributed by atoms with van der Waals surface area (Å²) in [6.07, 6.45) is -7.66. The number of aromatic nitrogens is 3. The first-order valence-corrected chi connectivity index (χ1v) is 9.82. The van der Waals surface area contributed by atoms with Crippen LogP contribution in [0.25, 0.3) is 22.3 Å². The van der Waals surface area contributed by atoms with Crippen LogP contribution < -0.4 is 5.32 Å². The molecule has 0 bridgehead atoms. The molecule has 31 heavy (non-hydrogen) atoms. The van der Waals surface area contributed by atoms with Crippen molar-refractivity contribution in [2.24, 2.45) is 0 Å². The van der Waals surface area contributed by atoms with Gasteiger partial charge in [-0.2, -0.15) is 26.3 Å². The number of benzene rings is 1. The van der Waals surface area contributed by atoms with Crippen LogP contribution in [0, 0.1) is 0 Å². The molecule has 1 amide bonds. The summed E-state index contributed by atoms with van der Waals surface area (Å²) >= 11 is 12.4. The Morgan fingerprint density at radius 2 is 1.90 bits per heavy atom.